The number of aliphatic hydroxyl groups is 1. The summed E-state index contributed by atoms with van der Waals surface area (Å²) in [4.78, 5) is 0.195. The van der Waals surface area contributed by atoms with E-state index in [0.29, 0.717) is 31.6 Å². The summed E-state index contributed by atoms with van der Waals surface area (Å²) >= 11 is 0. The Labute approximate surface area is 107 Å². The lowest BCUT2D eigenvalue weighted by molar-refractivity contribution is 0.0832. The van der Waals surface area contributed by atoms with Crippen molar-refractivity contribution in [1.29, 1.82) is 0 Å². The molecule has 0 amide bonds. The molecule has 18 heavy (non-hydrogen) atoms. The van der Waals surface area contributed by atoms with Crippen LogP contribution in [0.25, 0.3) is 0 Å². The summed E-state index contributed by atoms with van der Waals surface area (Å²) in [5, 5.41) is 9.02. The Bertz CT molecular complexity index is 495. The molecule has 1 fully saturated rings. The number of ether oxygens (including phenoxy) is 1. The van der Waals surface area contributed by atoms with Crippen LogP contribution in [0.15, 0.2) is 29.2 Å². The van der Waals surface area contributed by atoms with Crippen molar-refractivity contribution in [3.05, 3.63) is 29.8 Å². The largest absolute Gasteiger partial charge is 0.392 e. The fourth-order valence-electron chi connectivity index (χ4n) is 1.91. The Kier molecular flexibility index (Phi) is 4.34. The lowest BCUT2D eigenvalue weighted by Gasteiger charge is -2.23. The molecule has 1 aliphatic rings. The molecule has 1 saturated heterocycles. The van der Waals surface area contributed by atoms with Gasteiger partial charge in [0.1, 0.15) is 0 Å². The van der Waals surface area contributed by atoms with Crippen LogP contribution in [0.2, 0.25) is 0 Å². The molecule has 2 N–H and O–H groups in total. The topological polar surface area (TPSA) is 75.6 Å². The number of hydrogen-bond donors (Lipinski definition) is 2. The summed E-state index contributed by atoms with van der Waals surface area (Å²) in [6.45, 7) is 1.01. The Morgan fingerprint density at radius 2 is 2.06 bits per heavy atom. The summed E-state index contributed by atoms with van der Waals surface area (Å²) in [5.41, 5.74) is 0.588. The van der Waals surface area contributed by atoms with Gasteiger partial charge in [0.2, 0.25) is 10.0 Å². The van der Waals surface area contributed by atoms with Gasteiger partial charge in [-0.15, -0.1) is 0 Å². The molecule has 0 atom stereocenters. The summed E-state index contributed by atoms with van der Waals surface area (Å²) < 4.78 is 32.1. The van der Waals surface area contributed by atoms with Gasteiger partial charge in [-0.05, 0) is 30.5 Å². The summed E-state index contributed by atoms with van der Waals surface area (Å²) in [7, 11) is -3.51. The van der Waals surface area contributed by atoms with Crippen LogP contribution in [-0.2, 0) is 21.4 Å². The predicted octanol–water partition coefficient (Wildman–Crippen LogP) is 0.636. The minimum Gasteiger partial charge on any atom is -0.392 e. The molecule has 0 unspecified atom stereocenters. The van der Waals surface area contributed by atoms with E-state index >= 15 is 0 Å². The monoisotopic (exact) mass is 271 g/mol. The summed E-state index contributed by atoms with van der Waals surface area (Å²) in [6.07, 6.45) is 1.39. The molecule has 5 nitrogen and oxygen atoms in total. The van der Waals surface area contributed by atoms with E-state index < -0.39 is 10.0 Å². The van der Waals surface area contributed by atoms with Crippen LogP contribution in [0.3, 0.4) is 0 Å². The van der Waals surface area contributed by atoms with Crippen LogP contribution >= 0.6 is 0 Å². The molecular formula is C12H17NO4S. The number of aliphatic hydroxyl groups excluding tert-OH is 1. The molecule has 1 aromatic rings. The predicted molar refractivity (Wildman–Crippen MR) is 66.5 cm³/mol. The smallest absolute Gasteiger partial charge is 0.240 e. The van der Waals surface area contributed by atoms with Gasteiger partial charge in [0.25, 0.3) is 0 Å². The lowest BCUT2D eigenvalue weighted by Crippen LogP contribution is -2.38. The van der Waals surface area contributed by atoms with Gasteiger partial charge >= 0.3 is 0 Å². The van der Waals surface area contributed by atoms with Gasteiger partial charge < -0.3 is 9.84 Å². The average molecular weight is 271 g/mol. The molecule has 1 heterocycles. The van der Waals surface area contributed by atoms with Gasteiger partial charge in [-0.2, -0.15) is 0 Å². The molecule has 1 aliphatic heterocycles. The first-order valence-corrected chi connectivity index (χ1v) is 7.40. The second kappa shape index (κ2) is 5.79. The zero-order valence-corrected chi connectivity index (χ0v) is 10.8. The molecule has 0 spiro atoms. The fourth-order valence-corrected chi connectivity index (χ4v) is 3.29. The first kappa shape index (κ1) is 13.5. The third-order valence-electron chi connectivity index (χ3n) is 2.93. The molecule has 0 aliphatic carbocycles. The molecule has 6 heteroatoms. The van der Waals surface area contributed by atoms with Gasteiger partial charge in [-0.1, -0.05) is 12.1 Å². The van der Waals surface area contributed by atoms with E-state index in [9.17, 15) is 8.42 Å². The van der Waals surface area contributed by atoms with Crippen molar-refractivity contribution in [2.24, 2.45) is 0 Å². The maximum absolute atomic E-state index is 12.1. The Hall–Kier alpha value is -0.950. The van der Waals surface area contributed by atoms with Gasteiger partial charge in [-0.3, -0.25) is 0 Å². The van der Waals surface area contributed by atoms with Crippen molar-refractivity contribution in [3.8, 4) is 0 Å². The number of hydrogen-bond acceptors (Lipinski definition) is 4. The average Bonchev–Trinajstić information content (AvgIpc) is 2.39. The minimum atomic E-state index is -3.51. The molecule has 0 radical (unpaired) electrons. The maximum Gasteiger partial charge on any atom is 0.240 e. The quantitative estimate of drug-likeness (QED) is 0.842. The van der Waals surface area contributed by atoms with Crippen molar-refractivity contribution in [2.45, 2.75) is 30.4 Å². The van der Waals surface area contributed by atoms with Crippen molar-refractivity contribution in [3.63, 3.8) is 0 Å². The zero-order valence-electron chi connectivity index (χ0n) is 10.0. The molecule has 1 aromatic carbocycles. The van der Waals surface area contributed by atoms with E-state index in [1.165, 1.54) is 12.1 Å². The first-order chi connectivity index (χ1) is 8.62. The number of rotatable bonds is 4. The maximum atomic E-state index is 12.1. The molecular weight excluding hydrogens is 254 g/mol. The summed E-state index contributed by atoms with van der Waals surface area (Å²) in [5.74, 6) is 0. The highest BCUT2D eigenvalue weighted by molar-refractivity contribution is 7.89. The lowest BCUT2D eigenvalue weighted by atomic mass is 10.1. The van der Waals surface area contributed by atoms with Gasteiger partial charge in [-0.25, -0.2) is 13.1 Å². The van der Waals surface area contributed by atoms with Crippen LogP contribution < -0.4 is 4.72 Å². The molecule has 0 bridgehead atoms. The number of sulfonamides is 1. The Morgan fingerprint density at radius 1 is 1.33 bits per heavy atom. The third kappa shape index (κ3) is 3.29. The van der Waals surface area contributed by atoms with E-state index in [1.54, 1.807) is 12.1 Å². The standard InChI is InChI=1S/C12H17NO4S/c14-9-10-2-1-3-12(8-10)18(15,16)13-11-4-6-17-7-5-11/h1-3,8,11,13-14H,4-7,9H2. The van der Waals surface area contributed by atoms with Crippen LogP contribution in [0.1, 0.15) is 18.4 Å². The molecule has 0 saturated carbocycles. The highest BCUT2D eigenvalue weighted by atomic mass is 32.2. The zero-order chi connectivity index (χ0) is 13.0. The molecule has 0 aromatic heterocycles. The Balaban J connectivity index is 2.13. The van der Waals surface area contributed by atoms with E-state index in [4.69, 9.17) is 9.84 Å². The van der Waals surface area contributed by atoms with Gasteiger partial charge in [0.05, 0.1) is 11.5 Å². The van der Waals surface area contributed by atoms with Crippen LogP contribution in [-0.4, -0.2) is 32.8 Å². The minimum absolute atomic E-state index is 0.0680. The number of nitrogens with one attached hydrogen (secondary N) is 1. The first-order valence-electron chi connectivity index (χ1n) is 5.92. The highest BCUT2D eigenvalue weighted by Gasteiger charge is 2.22. The summed E-state index contributed by atoms with van der Waals surface area (Å²) in [6, 6.07) is 6.27. The van der Waals surface area contributed by atoms with Gasteiger partial charge in [0, 0.05) is 19.3 Å². The second-order valence-electron chi connectivity index (χ2n) is 4.31. The van der Waals surface area contributed by atoms with Crippen molar-refractivity contribution in [2.75, 3.05) is 13.2 Å². The molecule has 2 rings (SSSR count). The van der Waals surface area contributed by atoms with Crippen LogP contribution in [0.4, 0.5) is 0 Å². The third-order valence-corrected chi connectivity index (χ3v) is 4.45. The highest BCUT2D eigenvalue weighted by Crippen LogP contribution is 2.15. The number of benzene rings is 1. The van der Waals surface area contributed by atoms with Crippen molar-refractivity contribution < 1.29 is 18.3 Å². The second-order valence-corrected chi connectivity index (χ2v) is 6.03. The van der Waals surface area contributed by atoms with Crippen molar-refractivity contribution >= 4 is 10.0 Å². The normalized spacial score (nSPS) is 17.8. The Morgan fingerprint density at radius 3 is 2.72 bits per heavy atom. The van der Waals surface area contributed by atoms with Gasteiger partial charge in [0.15, 0.2) is 0 Å². The van der Waals surface area contributed by atoms with E-state index in [2.05, 4.69) is 4.72 Å². The van der Waals surface area contributed by atoms with Crippen molar-refractivity contribution in [1.82, 2.24) is 4.72 Å². The van der Waals surface area contributed by atoms with E-state index in [-0.39, 0.29) is 17.5 Å². The van der Waals surface area contributed by atoms with E-state index in [0.717, 1.165) is 0 Å². The molecule has 100 valence electrons. The van der Waals surface area contributed by atoms with Crippen LogP contribution in [0.5, 0.6) is 0 Å². The van der Waals surface area contributed by atoms with Crippen LogP contribution in [0, 0.1) is 0 Å². The van der Waals surface area contributed by atoms with E-state index in [1.807, 2.05) is 0 Å². The fraction of sp³-hybridized carbons (Fsp3) is 0.500. The SMILES string of the molecule is O=S(=O)(NC1CCOCC1)c1cccc(CO)c1.